The third-order valence-corrected chi connectivity index (χ3v) is 3.75. The van der Waals surface area contributed by atoms with E-state index < -0.39 is 11.3 Å². The van der Waals surface area contributed by atoms with Gasteiger partial charge in [-0.3, -0.25) is 4.79 Å². The lowest BCUT2D eigenvalue weighted by Gasteiger charge is -2.26. The number of allylic oxidation sites excluding steroid dienone is 6. The Morgan fingerprint density at radius 3 is 2.00 bits per heavy atom. The molecule has 2 aliphatic carbocycles. The summed E-state index contributed by atoms with van der Waals surface area (Å²) in [4.78, 5) is 11.4. The van der Waals surface area contributed by atoms with Gasteiger partial charge in [0.2, 0.25) is 5.91 Å². The second-order valence-electron chi connectivity index (χ2n) is 4.87. The van der Waals surface area contributed by atoms with Crippen molar-refractivity contribution in [1.82, 2.24) is 0 Å². The zero-order valence-corrected chi connectivity index (χ0v) is 10.8. The highest BCUT2D eigenvalue weighted by Crippen LogP contribution is 2.45. The maximum Gasteiger partial charge on any atom is 0.239 e. The molecule has 0 aromatic rings. The molecular weight excluding hydrogens is 240 g/mol. The molecule has 1 unspecified atom stereocenters. The van der Waals surface area contributed by atoms with Crippen LogP contribution < -0.4 is 5.73 Å². The van der Waals surface area contributed by atoms with Crippen molar-refractivity contribution in [2.45, 2.75) is 12.8 Å². The Labute approximate surface area is 113 Å². The summed E-state index contributed by atoms with van der Waals surface area (Å²) in [6.07, 6.45) is 13.7. The summed E-state index contributed by atoms with van der Waals surface area (Å²) in [5.41, 5.74) is 4.23. The maximum atomic E-state index is 11.4. The number of ether oxygens (including phenoxy) is 1. The predicted octanol–water partition coefficient (Wildman–Crippen LogP) is 1.71. The lowest BCUT2D eigenvalue weighted by molar-refractivity contribution is -0.126. The molecule has 0 radical (unpaired) electrons. The number of nitriles is 1. The summed E-state index contributed by atoms with van der Waals surface area (Å²) in [7, 11) is 0. The van der Waals surface area contributed by atoms with E-state index in [1.54, 1.807) is 0 Å². The Kier molecular flexibility index (Phi) is 4.18. The average Bonchev–Trinajstić information content (AvgIpc) is 2.98. The number of nitrogens with two attached hydrogens (primary N) is 1. The minimum Gasteiger partial charge on any atom is -0.381 e. The van der Waals surface area contributed by atoms with Crippen LogP contribution in [0.1, 0.15) is 12.8 Å². The van der Waals surface area contributed by atoms with Gasteiger partial charge in [-0.2, -0.15) is 5.26 Å². The molecule has 1 aliphatic heterocycles. The Morgan fingerprint density at radius 1 is 1.16 bits per heavy atom. The topological polar surface area (TPSA) is 76.1 Å². The van der Waals surface area contributed by atoms with Crippen LogP contribution in [-0.4, -0.2) is 19.1 Å². The molecule has 100 valence electrons. The standard InChI is InChI=1S/C11H10N2O.C4H8O/c12-7-11(10(13)14)8-3-1-2-4-9(11)6-5-8;1-2-4-5-3-1/h1-6,8-9H,(H2,13,14);1-4H2/t8-,9+,11?;. The number of primary amides is 1. The van der Waals surface area contributed by atoms with E-state index in [4.69, 9.17) is 15.7 Å². The molecule has 4 nitrogen and oxygen atoms in total. The fourth-order valence-corrected chi connectivity index (χ4v) is 2.61. The highest BCUT2D eigenvalue weighted by atomic mass is 16.5. The van der Waals surface area contributed by atoms with Gasteiger partial charge >= 0.3 is 0 Å². The molecule has 0 aromatic heterocycles. The quantitative estimate of drug-likeness (QED) is 0.727. The van der Waals surface area contributed by atoms with Crippen molar-refractivity contribution in [1.29, 1.82) is 5.26 Å². The van der Waals surface area contributed by atoms with Gasteiger partial charge < -0.3 is 10.5 Å². The van der Waals surface area contributed by atoms with Gasteiger partial charge in [0.15, 0.2) is 5.41 Å². The SMILES string of the molecule is C1CCOC1.N#CC1(C(N)=O)[C@@H]2C=CC=C[C@H]1C=C2. The van der Waals surface area contributed by atoms with Crippen LogP contribution in [-0.2, 0) is 9.53 Å². The van der Waals surface area contributed by atoms with Gasteiger partial charge in [-0.05, 0) is 12.8 Å². The molecule has 1 amide bonds. The zero-order valence-electron chi connectivity index (χ0n) is 10.8. The number of hydrogen-bond acceptors (Lipinski definition) is 3. The molecule has 0 aromatic carbocycles. The molecule has 3 atom stereocenters. The first kappa shape index (κ1) is 13.6. The molecule has 4 heteroatoms. The van der Waals surface area contributed by atoms with Crippen LogP contribution in [0.2, 0.25) is 0 Å². The second-order valence-corrected chi connectivity index (χ2v) is 4.87. The first-order valence-electron chi connectivity index (χ1n) is 6.54. The summed E-state index contributed by atoms with van der Waals surface area (Å²) in [6.45, 7) is 2.00. The normalized spacial score (nSPS) is 34.3. The Balaban J connectivity index is 0.000000224. The molecule has 1 saturated heterocycles. The van der Waals surface area contributed by atoms with Crippen LogP contribution >= 0.6 is 0 Å². The first-order valence-corrected chi connectivity index (χ1v) is 6.54. The van der Waals surface area contributed by atoms with Crippen molar-refractivity contribution in [2.75, 3.05) is 13.2 Å². The molecule has 1 heterocycles. The van der Waals surface area contributed by atoms with E-state index in [2.05, 4.69) is 6.07 Å². The van der Waals surface area contributed by atoms with E-state index in [9.17, 15) is 4.79 Å². The van der Waals surface area contributed by atoms with Crippen molar-refractivity contribution in [3.63, 3.8) is 0 Å². The molecule has 0 spiro atoms. The summed E-state index contributed by atoms with van der Waals surface area (Å²) in [6, 6.07) is 2.08. The lowest BCUT2D eigenvalue weighted by Crippen LogP contribution is -2.42. The Morgan fingerprint density at radius 2 is 1.68 bits per heavy atom. The van der Waals surface area contributed by atoms with E-state index >= 15 is 0 Å². The van der Waals surface area contributed by atoms with E-state index in [1.165, 1.54) is 12.8 Å². The minimum atomic E-state index is -1.11. The number of rotatable bonds is 1. The minimum absolute atomic E-state index is 0.190. The van der Waals surface area contributed by atoms with Crippen molar-refractivity contribution < 1.29 is 9.53 Å². The fourth-order valence-electron chi connectivity index (χ4n) is 2.61. The van der Waals surface area contributed by atoms with Crippen LogP contribution in [0.5, 0.6) is 0 Å². The van der Waals surface area contributed by atoms with Gasteiger partial charge in [-0.15, -0.1) is 0 Å². The van der Waals surface area contributed by atoms with Gasteiger partial charge in [0, 0.05) is 25.0 Å². The predicted molar refractivity (Wildman–Crippen MR) is 71.7 cm³/mol. The van der Waals surface area contributed by atoms with Crippen LogP contribution in [0.25, 0.3) is 0 Å². The summed E-state index contributed by atoms with van der Waals surface area (Å²) in [5.74, 6) is -0.925. The van der Waals surface area contributed by atoms with Crippen molar-refractivity contribution in [2.24, 2.45) is 23.0 Å². The molecule has 1 fully saturated rings. The number of hydrogen-bond donors (Lipinski definition) is 1. The van der Waals surface area contributed by atoms with Crippen LogP contribution in [0.15, 0.2) is 36.5 Å². The van der Waals surface area contributed by atoms with Crippen LogP contribution in [0.3, 0.4) is 0 Å². The smallest absolute Gasteiger partial charge is 0.239 e. The van der Waals surface area contributed by atoms with Gasteiger partial charge in [-0.1, -0.05) is 36.5 Å². The highest BCUT2D eigenvalue weighted by molar-refractivity contribution is 5.87. The lowest BCUT2D eigenvalue weighted by atomic mass is 9.72. The number of amides is 1. The Hall–Kier alpha value is -1.86. The van der Waals surface area contributed by atoms with Gasteiger partial charge in [0.1, 0.15) is 0 Å². The molecule has 2 N–H and O–H groups in total. The molecule has 0 saturated carbocycles. The van der Waals surface area contributed by atoms with E-state index in [-0.39, 0.29) is 11.8 Å². The van der Waals surface area contributed by atoms with E-state index in [0.717, 1.165) is 13.2 Å². The largest absolute Gasteiger partial charge is 0.381 e. The number of nitrogens with zero attached hydrogens (tertiary/aromatic N) is 1. The monoisotopic (exact) mass is 258 g/mol. The average molecular weight is 258 g/mol. The summed E-state index contributed by atoms with van der Waals surface area (Å²) in [5, 5.41) is 9.16. The highest BCUT2D eigenvalue weighted by Gasteiger charge is 2.51. The zero-order chi connectivity index (χ0) is 13.7. The number of carbonyl (C=O) groups is 1. The van der Waals surface area contributed by atoms with Crippen molar-refractivity contribution in [3.8, 4) is 6.07 Å². The summed E-state index contributed by atoms with van der Waals surface area (Å²) < 4.78 is 4.94. The maximum absolute atomic E-state index is 11.4. The van der Waals surface area contributed by atoms with Crippen molar-refractivity contribution >= 4 is 5.91 Å². The van der Waals surface area contributed by atoms with E-state index in [0.29, 0.717) is 0 Å². The van der Waals surface area contributed by atoms with E-state index in [1.807, 2.05) is 36.5 Å². The first-order chi connectivity index (χ1) is 9.21. The van der Waals surface area contributed by atoms with Crippen molar-refractivity contribution in [3.05, 3.63) is 36.5 Å². The number of fused-ring (bicyclic) bond motifs is 2. The molecule has 2 bridgehead atoms. The molecular formula is C15H18N2O2. The third-order valence-electron chi connectivity index (χ3n) is 3.75. The second kappa shape index (κ2) is 5.85. The molecule has 19 heavy (non-hydrogen) atoms. The molecule has 3 rings (SSSR count). The number of carbonyl (C=O) groups excluding carboxylic acids is 1. The van der Waals surface area contributed by atoms with Crippen LogP contribution in [0, 0.1) is 28.6 Å². The Bertz CT molecular complexity index is 437. The third kappa shape index (κ3) is 2.47. The fraction of sp³-hybridized carbons (Fsp3) is 0.467. The summed E-state index contributed by atoms with van der Waals surface area (Å²) >= 11 is 0. The molecule has 3 aliphatic rings. The van der Waals surface area contributed by atoms with Crippen LogP contribution in [0.4, 0.5) is 0 Å². The van der Waals surface area contributed by atoms with Gasteiger partial charge in [0.25, 0.3) is 0 Å². The van der Waals surface area contributed by atoms with Gasteiger partial charge in [-0.25, -0.2) is 0 Å². The van der Waals surface area contributed by atoms with Gasteiger partial charge in [0.05, 0.1) is 6.07 Å².